The molecule has 0 radical (unpaired) electrons. The number of fused-ring (bicyclic) bond motifs is 1. The van der Waals surface area contributed by atoms with E-state index in [4.69, 9.17) is 0 Å². The van der Waals surface area contributed by atoms with Gasteiger partial charge in [-0.15, -0.1) is 0 Å². The van der Waals surface area contributed by atoms with Gasteiger partial charge in [0.05, 0.1) is 0 Å². The number of nitrogens with zero attached hydrogens (tertiary/aromatic N) is 1. The molecular formula is C14H25N3O. The Hall–Kier alpha value is -0.770. The summed E-state index contributed by atoms with van der Waals surface area (Å²) in [7, 11) is 0. The Morgan fingerprint density at radius 1 is 0.889 bits per heavy atom. The van der Waals surface area contributed by atoms with Crippen molar-refractivity contribution in [2.24, 2.45) is 0 Å². The molecule has 0 aromatic carbocycles. The van der Waals surface area contributed by atoms with E-state index in [1.807, 2.05) is 0 Å². The fraction of sp³-hybridized carbons (Fsp3) is 0.929. The molecule has 102 valence electrons. The van der Waals surface area contributed by atoms with E-state index >= 15 is 0 Å². The number of hydrogen-bond acceptors (Lipinski definition) is 2. The largest absolute Gasteiger partial charge is 0.335 e. The maximum atomic E-state index is 12.0. The van der Waals surface area contributed by atoms with Crippen LogP contribution in [0, 0.1) is 0 Å². The van der Waals surface area contributed by atoms with Crippen molar-refractivity contribution in [3.05, 3.63) is 0 Å². The van der Waals surface area contributed by atoms with Crippen LogP contribution in [-0.2, 0) is 0 Å². The smallest absolute Gasteiger partial charge is 0.315 e. The van der Waals surface area contributed by atoms with Crippen LogP contribution < -0.4 is 10.6 Å². The van der Waals surface area contributed by atoms with Crippen molar-refractivity contribution in [2.75, 3.05) is 13.1 Å². The first kappa shape index (κ1) is 12.3. The topological polar surface area (TPSA) is 44.4 Å². The van der Waals surface area contributed by atoms with Gasteiger partial charge in [0.2, 0.25) is 0 Å². The van der Waals surface area contributed by atoms with E-state index in [0.717, 1.165) is 19.3 Å². The Bertz CT molecular complexity index is 301. The Balaban J connectivity index is 1.45. The Morgan fingerprint density at radius 2 is 1.72 bits per heavy atom. The molecule has 0 spiro atoms. The minimum absolute atomic E-state index is 0.0700. The minimum atomic E-state index is 0.0700. The average Bonchev–Trinajstić information content (AvgIpc) is 2.95. The van der Waals surface area contributed by atoms with Crippen molar-refractivity contribution in [1.29, 1.82) is 0 Å². The first-order valence-electron chi connectivity index (χ1n) is 7.64. The van der Waals surface area contributed by atoms with Gasteiger partial charge >= 0.3 is 6.03 Å². The van der Waals surface area contributed by atoms with E-state index in [0.29, 0.717) is 18.1 Å². The molecule has 2 atom stereocenters. The SMILES string of the molecule is O=C(NC1CCCCC1)NC1CCN2CCCC12. The summed E-state index contributed by atoms with van der Waals surface area (Å²) in [5.74, 6) is 0. The van der Waals surface area contributed by atoms with Crippen LogP contribution in [-0.4, -0.2) is 42.1 Å². The average molecular weight is 251 g/mol. The molecule has 2 unspecified atom stereocenters. The Morgan fingerprint density at radius 3 is 2.56 bits per heavy atom. The van der Waals surface area contributed by atoms with Crippen LogP contribution in [0.4, 0.5) is 4.79 Å². The van der Waals surface area contributed by atoms with Gasteiger partial charge < -0.3 is 10.6 Å². The fourth-order valence-electron chi connectivity index (χ4n) is 3.89. The van der Waals surface area contributed by atoms with Gasteiger partial charge in [-0.3, -0.25) is 4.90 Å². The summed E-state index contributed by atoms with van der Waals surface area (Å²) in [5, 5.41) is 6.36. The fourth-order valence-corrected chi connectivity index (χ4v) is 3.89. The third kappa shape index (κ3) is 2.63. The van der Waals surface area contributed by atoms with Gasteiger partial charge in [0.15, 0.2) is 0 Å². The molecule has 4 nitrogen and oxygen atoms in total. The lowest BCUT2D eigenvalue weighted by atomic mass is 9.96. The van der Waals surface area contributed by atoms with Gasteiger partial charge in [0.1, 0.15) is 0 Å². The van der Waals surface area contributed by atoms with E-state index in [2.05, 4.69) is 15.5 Å². The zero-order chi connectivity index (χ0) is 12.4. The number of hydrogen-bond donors (Lipinski definition) is 2. The van der Waals surface area contributed by atoms with Crippen LogP contribution in [0.25, 0.3) is 0 Å². The molecule has 0 bridgehead atoms. The summed E-state index contributed by atoms with van der Waals surface area (Å²) >= 11 is 0. The third-order valence-corrected chi connectivity index (χ3v) is 4.86. The van der Waals surface area contributed by atoms with E-state index in [9.17, 15) is 4.79 Å². The number of urea groups is 1. The van der Waals surface area contributed by atoms with Crippen LogP contribution in [0.3, 0.4) is 0 Å². The summed E-state index contributed by atoms with van der Waals surface area (Å²) in [6, 6.07) is 1.48. The van der Waals surface area contributed by atoms with Crippen molar-refractivity contribution in [2.45, 2.75) is 69.5 Å². The molecule has 0 aromatic heterocycles. The lowest BCUT2D eigenvalue weighted by Crippen LogP contribution is -2.49. The highest BCUT2D eigenvalue weighted by Gasteiger charge is 2.37. The van der Waals surface area contributed by atoms with E-state index in [1.165, 1.54) is 45.2 Å². The number of carbonyl (C=O) groups is 1. The highest BCUT2D eigenvalue weighted by molar-refractivity contribution is 5.74. The minimum Gasteiger partial charge on any atom is -0.335 e. The zero-order valence-corrected chi connectivity index (χ0v) is 11.2. The molecule has 18 heavy (non-hydrogen) atoms. The standard InChI is InChI=1S/C14H25N3O/c18-14(15-11-5-2-1-3-6-11)16-12-8-10-17-9-4-7-13(12)17/h11-13H,1-10H2,(H2,15,16,18). The number of nitrogens with one attached hydrogen (secondary N) is 2. The van der Waals surface area contributed by atoms with Crippen molar-refractivity contribution >= 4 is 6.03 Å². The van der Waals surface area contributed by atoms with Gasteiger partial charge in [0, 0.05) is 24.7 Å². The van der Waals surface area contributed by atoms with Crippen molar-refractivity contribution in [3.8, 4) is 0 Å². The third-order valence-electron chi connectivity index (χ3n) is 4.86. The maximum Gasteiger partial charge on any atom is 0.315 e. The summed E-state index contributed by atoms with van der Waals surface area (Å²) < 4.78 is 0. The van der Waals surface area contributed by atoms with E-state index in [-0.39, 0.29) is 6.03 Å². The number of rotatable bonds is 2. The monoisotopic (exact) mass is 251 g/mol. The summed E-state index contributed by atoms with van der Waals surface area (Å²) in [4.78, 5) is 14.5. The van der Waals surface area contributed by atoms with Gasteiger partial charge in [-0.05, 0) is 38.6 Å². The molecule has 2 heterocycles. The van der Waals surface area contributed by atoms with Crippen LogP contribution in [0.15, 0.2) is 0 Å². The summed E-state index contributed by atoms with van der Waals surface area (Å²) in [5.41, 5.74) is 0. The molecule has 2 N–H and O–H groups in total. The van der Waals surface area contributed by atoms with Crippen LogP contribution in [0.2, 0.25) is 0 Å². The molecule has 2 amide bonds. The number of amides is 2. The lowest BCUT2D eigenvalue weighted by Gasteiger charge is -2.26. The van der Waals surface area contributed by atoms with Crippen LogP contribution in [0.1, 0.15) is 51.4 Å². The second-order valence-corrected chi connectivity index (χ2v) is 6.09. The maximum absolute atomic E-state index is 12.0. The molecule has 3 fully saturated rings. The summed E-state index contributed by atoms with van der Waals surface area (Å²) in [6.07, 6.45) is 9.88. The first-order chi connectivity index (χ1) is 8.83. The van der Waals surface area contributed by atoms with Crippen molar-refractivity contribution in [1.82, 2.24) is 15.5 Å². The predicted octanol–water partition coefficient (Wildman–Crippen LogP) is 1.85. The van der Waals surface area contributed by atoms with Gasteiger partial charge in [0.25, 0.3) is 0 Å². The Kier molecular flexibility index (Phi) is 3.73. The predicted molar refractivity (Wildman–Crippen MR) is 71.5 cm³/mol. The molecule has 2 aliphatic heterocycles. The van der Waals surface area contributed by atoms with Gasteiger partial charge in [-0.25, -0.2) is 4.79 Å². The van der Waals surface area contributed by atoms with Crippen LogP contribution >= 0.6 is 0 Å². The summed E-state index contributed by atoms with van der Waals surface area (Å²) in [6.45, 7) is 2.39. The second-order valence-electron chi connectivity index (χ2n) is 6.09. The molecule has 3 rings (SSSR count). The van der Waals surface area contributed by atoms with E-state index in [1.54, 1.807) is 0 Å². The molecule has 0 aromatic rings. The lowest BCUT2D eigenvalue weighted by molar-refractivity contribution is 0.224. The van der Waals surface area contributed by atoms with Gasteiger partial charge in [-0.1, -0.05) is 19.3 Å². The molecular weight excluding hydrogens is 226 g/mol. The van der Waals surface area contributed by atoms with Crippen molar-refractivity contribution in [3.63, 3.8) is 0 Å². The highest BCUT2D eigenvalue weighted by atomic mass is 16.2. The zero-order valence-electron chi connectivity index (χ0n) is 11.2. The Labute approximate surface area is 109 Å². The van der Waals surface area contributed by atoms with Crippen molar-refractivity contribution < 1.29 is 4.79 Å². The van der Waals surface area contributed by atoms with E-state index < -0.39 is 0 Å². The van der Waals surface area contributed by atoms with Crippen LogP contribution in [0.5, 0.6) is 0 Å². The first-order valence-corrected chi connectivity index (χ1v) is 7.64. The molecule has 3 aliphatic rings. The number of carbonyl (C=O) groups excluding carboxylic acids is 1. The normalized spacial score (nSPS) is 33.3. The second kappa shape index (κ2) is 5.47. The molecule has 4 heteroatoms. The molecule has 2 saturated heterocycles. The molecule has 1 saturated carbocycles. The molecule has 1 aliphatic carbocycles. The highest BCUT2D eigenvalue weighted by Crippen LogP contribution is 2.27. The quantitative estimate of drug-likeness (QED) is 0.787. The van der Waals surface area contributed by atoms with Gasteiger partial charge in [-0.2, -0.15) is 0 Å².